The van der Waals surface area contributed by atoms with E-state index in [1.807, 2.05) is 64.2 Å². The Bertz CT molecular complexity index is 1510. The molecular formula is C44H68N4O11. The van der Waals surface area contributed by atoms with Crippen LogP contribution in [0.25, 0.3) is 0 Å². The second kappa shape index (κ2) is 29.7. The molecule has 0 unspecified atom stereocenters. The molecule has 0 aliphatic carbocycles. The molecule has 2 aromatic carbocycles. The molecule has 2 atom stereocenters. The molecule has 0 saturated heterocycles. The Hall–Kier alpha value is -4.41. The van der Waals surface area contributed by atoms with Gasteiger partial charge in [0.05, 0.1) is 38.5 Å². The lowest BCUT2D eigenvalue weighted by molar-refractivity contribution is -0.155. The summed E-state index contributed by atoms with van der Waals surface area (Å²) in [7, 11) is 3.43. The Kier molecular flexibility index (Phi) is 25.6. The summed E-state index contributed by atoms with van der Waals surface area (Å²) >= 11 is 0. The summed E-state index contributed by atoms with van der Waals surface area (Å²) < 4.78 is 32.9. The number of Topliss-reactive ketones (excluding diaryl/α,β-unsaturated/α-hetero) is 2. The predicted molar refractivity (Wildman–Crippen MR) is 224 cm³/mol. The van der Waals surface area contributed by atoms with Crippen LogP contribution in [0.2, 0.25) is 0 Å². The zero-order valence-corrected chi connectivity index (χ0v) is 35.8. The topological polar surface area (TPSA) is 203 Å². The quantitative estimate of drug-likeness (QED) is 0.0601. The molecule has 15 heteroatoms. The van der Waals surface area contributed by atoms with Gasteiger partial charge < -0.3 is 50.1 Å². The van der Waals surface area contributed by atoms with Gasteiger partial charge in [-0.15, -0.1) is 0 Å². The molecule has 0 fully saturated rings. The summed E-state index contributed by atoms with van der Waals surface area (Å²) in [6, 6.07) is 13.3. The highest BCUT2D eigenvalue weighted by Gasteiger charge is 2.23. The molecule has 0 aliphatic rings. The largest absolute Gasteiger partial charge is 0.494 e. The van der Waals surface area contributed by atoms with E-state index >= 15 is 0 Å². The lowest BCUT2D eigenvalue weighted by atomic mass is 9.99. The molecule has 2 aromatic rings. The van der Waals surface area contributed by atoms with E-state index < -0.39 is 17.7 Å². The number of amides is 2. The minimum absolute atomic E-state index is 0.0440. The highest BCUT2D eigenvalue weighted by atomic mass is 16.6. The number of nitrogens with one attached hydrogen (secondary N) is 3. The minimum atomic E-state index is -0.774. The smallest absolute Gasteiger partial charge is 0.306 e. The Balaban J connectivity index is 1.87. The standard InChI is InChI=1S/C44H68N4O11/c1-44(2,3)59-43(53)11-8-26-57-35-16-12-33(13-17-35)32-38(48-42(52)21-28-56-29-22-45)40(50)10-7-25-55-27-20-41(51)47-37(39(49)9-6-24-54-5)31-34-14-18-36(19-15-34)58-30-23-46-4/h12-19,37-38,46H,6-11,20-32,45H2,1-5H3,(H,47,51)(H,48,52)/t37-,38-/m0/s1. The first-order chi connectivity index (χ1) is 28.3. The number of ketones is 2. The van der Waals surface area contributed by atoms with Crippen molar-refractivity contribution >= 4 is 29.4 Å². The summed E-state index contributed by atoms with van der Waals surface area (Å²) in [4.78, 5) is 64.1. The van der Waals surface area contributed by atoms with Gasteiger partial charge >= 0.3 is 5.97 Å². The second-order valence-corrected chi connectivity index (χ2v) is 15.1. The van der Waals surface area contributed by atoms with Crippen molar-refractivity contribution in [2.75, 3.05) is 73.5 Å². The van der Waals surface area contributed by atoms with Gasteiger partial charge in [-0.25, -0.2) is 0 Å². The average Bonchev–Trinajstić information content (AvgIpc) is 3.19. The van der Waals surface area contributed by atoms with Crippen LogP contribution in [0.1, 0.15) is 83.3 Å². The van der Waals surface area contributed by atoms with Crippen molar-refractivity contribution in [2.45, 2.75) is 103 Å². The van der Waals surface area contributed by atoms with E-state index in [4.69, 9.17) is 34.2 Å². The fraction of sp³-hybridized carbons (Fsp3) is 0.614. The lowest BCUT2D eigenvalue weighted by Gasteiger charge is -2.19. The third-order valence-corrected chi connectivity index (χ3v) is 8.70. The van der Waals surface area contributed by atoms with Crippen LogP contribution in [-0.4, -0.2) is 121 Å². The molecule has 15 nitrogen and oxygen atoms in total. The molecule has 0 heterocycles. The summed E-state index contributed by atoms with van der Waals surface area (Å²) in [5.74, 6) is 0.212. The molecule has 0 saturated carbocycles. The van der Waals surface area contributed by atoms with Crippen LogP contribution >= 0.6 is 0 Å². The van der Waals surface area contributed by atoms with Crippen molar-refractivity contribution in [3.63, 3.8) is 0 Å². The Morgan fingerprint density at radius 3 is 1.56 bits per heavy atom. The maximum atomic E-state index is 13.4. The number of benzene rings is 2. The van der Waals surface area contributed by atoms with Gasteiger partial charge in [0.25, 0.3) is 0 Å². The Morgan fingerprint density at radius 1 is 0.610 bits per heavy atom. The van der Waals surface area contributed by atoms with Gasteiger partial charge in [0.1, 0.15) is 23.7 Å². The third-order valence-electron chi connectivity index (χ3n) is 8.70. The highest BCUT2D eigenvalue weighted by Crippen LogP contribution is 2.17. The van der Waals surface area contributed by atoms with Gasteiger partial charge in [-0.3, -0.25) is 24.0 Å². The molecule has 0 aromatic heterocycles. The lowest BCUT2D eigenvalue weighted by Crippen LogP contribution is -2.43. The molecule has 0 radical (unpaired) electrons. The van der Waals surface area contributed by atoms with Crippen molar-refractivity contribution in [3.05, 3.63) is 59.7 Å². The normalized spacial score (nSPS) is 12.3. The van der Waals surface area contributed by atoms with Crippen LogP contribution in [-0.2, 0) is 55.8 Å². The van der Waals surface area contributed by atoms with Gasteiger partial charge in [0.15, 0.2) is 11.6 Å². The monoisotopic (exact) mass is 828 g/mol. The van der Waals surface area contributed by atoms with Crippen LogP contribution in [0.5, 0.6) is 11.5 Å². The van der Waals surface area contributed by atoms with Crippen LogP contribution in [0.15, 0.2) is 48.5 Å². The number of carbonyl (C=O) groups excluding carboxylic acids is 5. The number of likely N-dealkylation sites (N-methyl/N-ethyl adjacent to an activating group) is 1. The van der Waals surface area contributed by atoms with Crippen LogP contribution < -0.4 is 31.2 Å². The Morgan fingerprint density at radius 2 is 1.08 bits per heavy atom. The van der Waals surface area contributed by atoms with Gasteiger partial charge in [0.2, 0.25) is 11.8 Å². The molecule has 0 aliphatic heterocycles. The van der Waals surface area contributed by atoms with Gasteiger partial charge in [-0.05, 0) is 95.3 Å². The number of hydrogen-bond acceptors (Lipinski definition) is 13. The van der Waals surface area contributed by atoms with Gasteiger partial charge in [-0.2, -0.15) is 0 Å². The summed E-state index contributed by atoms with van der Waals surface area (Å²) in [5, 5.41) is 8.76. The number of ether oxygens (including phenoxy) is 6. The highest BCUT2D eigenvalue weighted by molar-refractivity contribution is 5.90. The predicted octanol–water partition coefficient (Wildman–Crippen LogP) is 3.66. The van der Waals surface area contributed by atoms with E-state index in [1.165, 1.54) is 0 Å². The van der Waals surface area contributed by atoms with Crippen LogP contribution in [0, 0.1) is 0 Å². The average molecular weight is 829 g/mol. The van der Waals surface area contributed by atoms with E-state index in [-0.39, 0.29) is 87.7 Å². The number of esters is 1. The molecule has 59 heavy (non-hydrogen) atoms. The van der Waals surface area contributed by atoms with Crippen molar-refractivity contribution in [2.24, 2.45) is 5.73 Å². The van der Waals surface area contributed by atoms with E-state index in [0.29, 0.717) is 64.4 Å². The van der Waals surface area contributed by atoms with Gasteiger partial charge in [-0.1, -0.05) is 24.3 Å². The fourth-order valence-corrected chi connectivity index (χ4v) is 5.71. The van der Waals surface area contributed by atoms with Crippen LogP contribution in [0.4, 0.5) is 0 Å². The Labute approximate surface area is 350 Å². The van der Waals surface area contributed by atoms with E-state index in [2.05, 4.69) is 16.0 Å². The number of hydrogen-bond donors (Lipinski definition) is 4. The zero-order valence-electron chi connectivity index (χ0n) is 35.8. The fourth-order valence-electron chi connectivity index (χ4n) is 5.71. The first-order valence-corrected chi connectivity index (χ1v) is 20.6. The maximum Gasteiger partial charge on any atom is 0.306 e. The first kappa shape index (κ1) is 50.7. The SMILES string of the molecule is CNCCOc1ccc(C[C@H](NC(=O)CCOCCCC(=O)[C@H](Cc2ccc(OCCCC(=O)OC(C)(C)C)cc2)NC(=O)CCOCCN)C(=O)CCCOC)cc1. The molecule has 2 rings (SSSR count). The number of methoxy groups -OCH3 is 1. The summed E-state index contributed by atoms with van der Waals surface area (Å²) in [6.45, 7) is 8.73. The molecular weight excluding hydrogens is 761 g/mol. The minimum Gasteiger partial charge on any atom is -0.494 e. The van der Waals surface area contributed by atoms with Crippen molar-refractivity contribution in [3.8, 4) is 11.5 Å². The summed E-state index contributed by atoms with van der Waals surface area (Å²) in [5.41, 5.74) is 6.65. The molecule has 0 spiro atoms. The number of rotatable bonds is 33. The van der Waals surface area contributed by atoms with Crippen molar-refractivity contribution in [1.29, 1.82) is 0 Å². The van der Waals surface area contributed by atoms with Crippen molar-refractivity contribution in [1.82, 2.24) is 16.0 Å². The van der Waals surface area contributed by atoms with Gasteiger partial charge in [0, 0.05) is 65.5 Å². The summed E-state index contributed by atoms with van der Waals surface area (Å²) in [6.07, 6.45) is 2.86. The molecule has 330 valence electrons. The van der Waals surface area contributed by atoms with E-state index in [0.717, 1.165) is 23.4 Å². The van der Waals surface area contributed by atoms with E-state index in [1.54, 1.807) is 19.2 Å². The first-order valence-electron chi connectivity index (χ1n) is 20.6. The zero-order chi connectivity index (χ0) is 43.3. The van der Waals surface area contributed by atoms with E-state index in [9.17, 15) is 24.0 Å². The molecule has 2 amide bonds. The number of nitrogens with two attached hydrogens (primary N) is 1. The second-order valence-electron chi connectivity index (χ2n) is 15.1. The number of carbonyl (C=O) groups is 5. The third kappa shape index (κ3) is 24.3. The van der Waals surface area contributed by atoms with Crippen LogP contribution in [0.3, 0.4) is 0 Å². The molecule has 5 N–H and O–H groups in total. The van der Waals surface area contributed by atoms with Crippen molar-refractivity contribution < 1.29 is 52.4 Å². The molecule has 0 bridgehead atoms. The maximum absolute atomic E-state index is 13.4.